The number of carbonyl (C=O) groups is 4. The van der Waals surface area contributed by atoms with E-state index in [9.17, 15) is 44.5 Å². The van der Waals surface area contributed by atoms with E-state index in [0.717, 1.165) is 5.56 Å². The zero-order valence-electron chi connectivity index (χ0n) is 45.5. The molecule has 1 unspecified atom stereocenters. The van der Waals surface area contributed by atoms with Gasteiger partial charge in [0.2, 0.25) is 11.0 Å². The van der Waals surface area contributed by atoms with Crippen LogP contribution in [-0.2, 0) is 53.9 Å². The number of pyridine rings is 1. The predicted octanol–water partition coefficient (Wildman–Crippen LogP) is 3.81. The van der Waals surface area contributed by atoms with Gasteiger partial charge in [-0.15, -0.1) is 0 Å². The summed E-state index contributed by atoms with van der Waals surface area (Å²) >= 11 is 0. The number of aryl methyl sites for hydroxylation is 1. The molecule has 0 amide bonds. The first kappa shape index (κ1) is 57.8. The number of carboxylic acid groups (broad SMARTS) is 1. The van der Waals surface area contributed by atoms with Crippen molar-refractivity contribution in [3.63, 3.8) is 0 Å². The molecule has 7 rings (SSSR count). The lowest BCUT2D eigenvalue weighted by Crippen LogP contribution is -2.60. The molecule has 22 heteroatoms. The van der Waals surface area contributed by atoms with Crippen molar-refractivity contribution in [2.45, 2.75) is 179 Å². The molecule has 17 atom stereocenters. The lowest BCUT2D eigenvalue weighted by atomic mass is 9.76. The van der Waals surface area contributed by atoms with Crippen LogP contribution < -0.4 is 15.8 Å². The van der Waals surface area contributed by atoms with E-state index in [1.54, 1.807) is 77.5 Å². The van der Waals surface area contributed by atoms with E-state index in [1.807, 2.05) is 45.8 Å². The first-order valence-corrected chi connectivity index (χ1v) is 26.1. The Hall–Kier alpha value is -4.94. The Morgan fingerprint density at radius 3 is 2.29 bits per heavy atom. The molecule has 1 aliphatic carbocycles. The van der Waals surface area contributed by atoms with Crippen molar-refractivity contribution in [2.24, 2.45) is 34.2 Å². The van der Waals surface area contributed by atoms with Gasteiger partial charge in [-0.2, -0.15) is 0 Å². The van der Waals surface area contributed by atoms with Gasteiger partial charge >= 0.3 is 24.1 Å². The molecule has 1 aromatic carbocycles. The van der Waals surface area contributed by atoms with Crippen molar-refractivity contribution in [1.29, 1.82) is 0 Å². The Morgan fingerprint density at radius 2 is 1.65 bits per heavy atom. The van der Waals surface area contributed by atoms with Gasteiger partial charge in [0.25, 0.3) is 0 Å². The molecule has 75 heavy (non-hydrogen) atoms. The molecular weight excluding hydrogens is 979 g/mol. The van der Waals surface area contributed by atoms with Crippen molar-refractivity contribution < 1.29 is 77.6 Å². The largest absolute Gasteiger partial charge is 0.509 e. The van der Waals surface area contributed by atoms with Gasteiger partial charge in [-0.25, -0.2) is 9.59 Å². The molecule has 0 radical (unpaired) electrons. The van der Waals surface area contributed by atoms with Crippen LogP contribution in [-0.4, -0.2) is 180 Å². The second kappa shape index (κ2) is 22.6. The summed E-state index contributed by atoms with van der Waals surface area (Å²) < 4.78 is 51.5. The Morgan fingerprint density at radius 1 is 0.947 bits per heavy atom. The van der Waals surface area contributed by atoms with E-state index in [4.69, 9.17) is 37.9 Å². The van der Waals surface area contributed by atoms with Gasteiger partial charge in [-0.1, -0.05) is 45.8 Å². The summed E-state index contributed by atoms with van der Waals surface area (Å²) in [6.07, 6.45) is -7.32. The molecule has 1 saturated carbocycles. The lowest BCUT2D eigenvalue weighted by molar-refractivity contribution is -0.312. The normalized spacial score (nSPS) is 37.5. The summed E-state index contributed by atoms with van der Waals surface area (Å²) in [7, 11) is 7.20. The highest BCUT2D eigenvalue weighted by atomic mass is 16.8. The summed E-state index contributed by atoms with van der Waals surface area (Å²) in [4.78, 5) is 67.4. The van der Waals surface area contributed by atoms with Crippen molar-refractivity contribution in [3.05, 3.63) is 45.7 Å². The Labute approximate surface area is 437 Å². The molecule has 418 valence electrons. The molecule has 1 aromatic heterocycles. The number of nitrogens with one attached hydrogen (secondary N) is 1. The zero-order valence-corrected chi connectivity index (χ0v) is 45.5. The SMILES string of the molecule is CC1[C@H]2OC(=O)[C@H](C)[C@@H](O[C@H]3CC(C)(C)[C@@H](OC(=O)CCNCCCc4ccc5c(c4)c(=O)c(C(=O)O)cn5N(C)C)[C@H](C)O3)[C@H](C)[C@@H](O[C@@H]3O[C@H](C)C[C@H](N(C)C)[C@H]3O)[C@](C)(O)C[C@@H](C)/C(=N\O)[C@H]3OC(=O)O[C@@]132. The van der Waals surface area contributed by atoms with Gasteiger partial charge in [0.1, 0.15) is 23.5 Å². The highest BCUT2D eigenvalue weighted by molar-refractivity contribution is 5.95. The summed E-state index contributed by atoms with van der Waals surface area (Å²) in [6, 6.07) is 5.09. The highest BCUT2D eigenvalue weighted by Gasteiger charge is 2.79. The molecule has 22 nitrogen and oxygen atoms in total. The number of aliphatic hydroxyl groups is 2. The number of rotatable bonds is 15. The van der Waals surface area contributed by atoms with Crippen molar-refractivity contribution >= 4 is 40.7 Å². The maximum Gasteiger partial charge on any atom is 0.509 e. The number of esters is 2. The van der Waals surface area contributed by atoms with E-state index in [1.165, 1.54) is 6.20 Å². The van der Waals surface area contributed by atoms with Crippen LogP contribution in [0.5, 0.6) is 0 Å². The van der Waals surface area contributed by atoms with Gasteiger partial charge in [0.05, 0.1) is 47.9 Å². The first-order valence-electron chi connectivity index (χ1n) is 26.1. The van der Waals surface area contributed by atoms with Crippen LogP contribution in [0.3, 0.4) is 0 Å². The number of aliphatic hydroxyl groups excluding tert-OH is 1. The summed E-state index contributed by atoms with van der Waals surface area (Å²) in [6.45, 7) is 16.8. The van der Waals surface area contributed by atoms with E-state index in [-0.39, 0.29) is 42.7 Å². The number of carbonyl (C=O) groups excluding carboxylic acids is 3. The van der Waals surface area contributed by atoms with E-state index in [2.05, 4.69) is 10.5 Å². The molecule has 5 N–H and O–H groups in total. The maximum absolute atomic E-state index is 14.5. The third-order valence-corrected chi connectivity index (χ3v) is 16.1. The van der Waals surface area contributed by atoms with Crippen molar-refractivity contribution in [2.75, 3.05) is 46.3 Å². The minimum atomic E-state index is -1.82. The molecule has 4 aliphatic heterocycles. The predicted molar refractivity (Wildman–Crippen MR) is 271 cm³/mol. The minimum absolute atomic E-state index is 0.000542. The van der Waals surface area contributed by atoms with Gasteiger partial charge in [-0.3, -0.25) is 19.1 Å². The molecule has 0 bridgehead atoms. The average Bonchev–Trinajstić information content (AvgIpc) is 3.68. The smallest absolute Gasteiger partial charge is 0.477 e. The van der Waals surface area contributed by atoms with Gasteiger partial charge in [0.15, 0.2) is 24.8 Å². The molecule has 5 heterocycles. The molecule has 4 saturated heterocycles. The van der Waals surface area contributed by atoms with E-state index in [0.29, 0.717) is 43.3 Å². The van der Waals surface area contributed by atoms with E-state index < -0.39 is 125 Å². The fourth-order valence-electron chi connectivity index (χ4n) is 12.1. The first-order chi connectivity index (χ1) is 35.1. The van der Waals surface area contributed by atoms with Crippen LogP contribution in [0.4, 0.5) is 4.79 Å². The van der Waals surface area contributed by atoms with Crippen LogP contribution in [0, 0.1) is 29.1 Å². The number of hydrogen-bond donors (Lipinski definition) is 5. The van der Waals surface area contributed by atoms with E-state index >= 15 is 0 Å². The summed E-state index contributed by atoms with van der Waals surface area (Å²) in [5.74, 6) is -5.69. The van der Waals surface area contributed by atoms with Crippen molar-refractivity contribution in [1.82, 2.24) is 14.9 Å². The van der Waals surface area contributed by atoms with Crippen LogP contribution in [0.15, 0.2) is 34.3 Å². The molecular formula is C53H79N5O17. The Kier molecular flexibility index (Phi) is 17.4. The van der Waals surface area contributed by atoms with Crippen LogP contribution in [0.1, 0.15) is 110 Å². The number of oxime groups is 1. The van der Waals surface area contributed by atoms with Gasteiger partial charge < -0.3 is 73.6 Å². The minimum Gasteiger partial charge on any atom is -0.477 e. The second-order valence-corrected chi connectivity index (χ2v) is 22.9. The molecule has 1 spiro atoms. The average molecular weight is 1060 g/mol. The number of carboxylic acids is 1. The fourth-order valence-corrected chi connectivity index (χ4v) is 12.1. The molecule has 5 fully saturated rings. The number of benzene rings is 1. The lowest BCUT2D eigenvalue weighted by Gasteiger charge is -2.49. The Bertz CT molecular complexity index is 2520. The second-order valence-electron chi connectivity index (χ2n) is 22.9. The standard InChI is InChI=1S/C53H79N5O17/c1-26-23-52(9,66)43(73-49-41(61)36(56(10)11)21-27(2)68-49)28(3)42(29(4)48(64)72-44-30(5)53(44)46(39(26)55-67)74-50(65)75-53)71-38-24-51(7,8)45(31(6)69-38)70-37(59)18-20-54-19-14-15-32-16-17-35-33(22-32)40(60)34(47(62)63)25-58(35)57(12)13/h16-17,22,25-31,36,38,41-46,49,54,61,66-67H,14-15,18-21,23-24H2,1-13H3,(H,62,63)/b55-39+/t26-,27-,28+,29-,30?,31+,36+,38+,41-,42+,43-,44-,45+,46-,49+,52-,53-/m1/s1. The summed E-state index contributed by atoms with van der Waals surface area (Å²) in [5, 5.41) is 53.4. The van der Waals surface area contributed by atoms with Crippen LogP contribution in [0.2, 0.25) is 0 Å². The van der Waals surface area contributed by atoms with Crippen molar-refractivity contribution in [3.8, 4) is 0 Å². The third-order valence-electron chi connectivity index (χ3n) is 16.1. The zero-order chi connectivity index (χ0) is 55.2. The van der Waals surface area contributed by atoms with Gasteiger partial charge in [0, 0.05) is 67.9 Å². The summed E-state index contributed by atoms with van der Waals surface area (Å²) in [5.41, 5.74) is -3.41. The number of aromatic nitrogens is 1. The maximum atomic E-state index is 14.5. The number of likely N-dealkylation sites (N-methyl/N-ethyl adjacent to an activating group) is 1. The number of ether oxygens (including phenoxy) is 8. The van der Waals surface area contributed by atoms with Crippen LogP contribution >= 0.6 is 0 Å². The third kappa shape index (κ3) is 11.8. The highest BCUT2D eigenvalue weighted by Crippen LogP contribution is 2.57. The monoisotopic (exact) mass is 1060 g/mol. The number of fused-ring (bicyclic) bond motifs is 1. The number of nitrogens with zero attached hydrogens (tertiary/aromatic N) is 4. The topological polar surface area (TPSA) is 276 Å². The van der Waals surface area contributed by atoms with Crippen LogP contribution in [0.25, 0.3) is 10.9 Å². The fraction of sp³-hybridized carbons (Fsp3) is 0.736. The number of aromatic carboxylic acids is 1. The molecule has 2 aromatic rings. The van der Waals surface area contributed by atoms with Gasteiger partial charge in [-0.05, 0) is 91.7 Å². The number of hydrogen-bond acceptors (Lipinski definition) is 20. The quantitative estimate of drug-likeness (QED) is 0.0558. The Balaban J connectivity index is 1.04. The molecule has 5 aliphatic rings.